The summed E-state index contributed by atoms with van der Waals surface area (Å²) in [7, 11) is 2.65. The molecule has 18 heavy (non-hydrogen) atoms. The Kier molecular flexibility index (Phi) is 9.75. The number of carbonyl (C=O) groups is 2. The Bertz CT molecular complexity index is 248. The monoisotopic (exact) mass is 261 g/mol. The first-order valence-corrected chi connectivity index (χ1v) is 6.00. The lowest BCUT2D eigenvalue weighted by Crippen LogP contribution is -2.36. The van der Waals surface area contributed by atoms with E-state index in [4.69, 9.17) is 5.73 Å². The number of ether oxygens (including phenoxy) is 2. The van der Waals surface area contributed by atoms with E-state index >= 15 is 0 Å². The molecule has 0 bridgehead atoms. The third kappa shape index (κ3) is 8.63. The molecule has 0 aromatic heterocycles. The maximum absolute atomic E-state index is 11.1. The lowest BCUT2D eigenvalue weighted by molar-refractivity contribution is 0.165. The highest BCUT2D eigenvalue weighted by Gasteiger charge is 2.11. The highest BCUT2D eigenvalue weighted by Crippen LogP contribution is 2.04. The van der Waals surface area contributed by atoms with E-state index in [-0.39, 0.29) is 6.04 Å². The van der Waals surface area contributed by atoms with E-state index in [0.29, 0.717) is 19.5 Å². The third-order valence-corrected chi connectivity index (χ3v) is 2.46. The largest absolute Gasteiger partial charge is 0.453 e. The zero-order chi connectivity index (χ0) is 13.8. The summed E-state index contributed by atoms with van der Waals surface area (Å²) < 4.78 is 8.98. The van der Waals surface area contributed by atoms with Crippen molar-refractivity contribution in [1.82, 2.24) is 10.6 Å². The van der Waals surface area contributed by atoms with Gasteiger partial charge in [0.25, 0.3) is 0 Å². The number of hydrogen-bond donors (Lipinski definition) is 3. The molecular weight excluding hydrogens is 238 g/mol. The van der Waals surface area contributed by atoms with Crippen LogP contribution < -0.4 is 16.4 Å². The molecule has 7 nitrogen and oxygen atoms in total. The minimum Gasteiger partial charge on any atom is -0.453 e. The predicted molar refractivity (Wildman–Crippen MR) is 67.3 cm³/mol. The van der Waals surface area contributed by atoms with E-state index in [1.807, 2.05) is 0 Å². The van der Waals surface area contributed by atoms with Crippen LogP contribution in [0, 0.1) is 0 Å². The molecule has 1 atom stereocenters. The van der Waals surface area contributed by atoms with Crippen molar-refractivity contribution in [2.24, 2.45) is 5.73 Å². The van der Waals surface area contributed by atoms with Gasteiger partial charge in [-0.05, 0) is 32.2 Å². The lowest BCUT2D eigenvalue weighted by Gasteiger charge is -2.16. The molecule has 0 saturated carbocycles. The molecule has 0 radical (unpaired) electrons. The van der Waals surface area contributed by atoms with E-state index in [0.717, 1.165) is 19.3 Å². The normalized spacial score (nSPS) is 11.5. The summed E-state index contributed by atoms with van der Waals surface area (Å²) >= 11 is 0. The van der Waals surface area contributed by atoms with Crippen LogP contribution in [-0.2, 0) is 9.47 Å². The van der Waals surface area contributed by atoms with Gasteiger partial charge < -0.3 is 25.8 Å². The van der Waals surface area contributed by atoms with Crippen LogP contribution in [0.25, 0.3) is 0 Å². The molecule has 0 fully saturated rings. The van der Waals surface area contributed by atoms with Crippen LogP contribution in [0.5, 0.6) is 0 Å². The first-order chi connectivity index (χ1) is 8.63. The van der Waals surface area contributed by atoms with Crippen molar-refractivity contribution in [1.29, 1.82) is 0 Å². The summed E-state index contributed by atoms with van der Waals surface area (Å²) in [6, 6.07) is 0.0144. The van der Waals surface area contributed by atoms with E-state index in [1.54, 1.807) is 0 Å². The van der Waals surface area contributed by atoms with Crippen LogP contribution in [0.4, 0.5) is 9.59 Å². The fourth-order valence-corrected chi connectivity index (χ4v) is 1.49. The van der Waals surface area contributed by atoms with E-state index in [2.05, 4.69) is 20.1 Å². The summed E-state index contributed by atoms with van der Waals surface area (Å²) in [6.07, 6.45) is 2.33. The average molecular weight is 261 g/mol. The van der Waals surface area contributed by atoms with Crippen LogP contribution in [-0.4, -0.2) is 45.5 Å². The number of rotatable bonds is 8. The molecule has 0 spiro atoms. The molecular formula is C11H23N3O4. The smallest absolute Gasteiger partial charge is 0.407 e. The predicted octanol–water partition coefficient (Wildman–Crippen LogP) is 0.586. The number of nitrogens with two attached hydrogens (primary N) is 1. The minimum absolute atomic E-state index is 0.0144. The second kappa shape index (κ2) is 10.6. The maximum Gasteiger partial charge on any atom is 0.407 e. The third-order valence-electron chi connectivity index (χ3n) is 2.46. The second-order valence-electron chi connectivity index (χ2n) is 3.82. The zero-order valence-electron chi connectivity index (χ0n) is 11.0. The van der Waals surface area contributed by atoms with Crippen molar-refractivity contribution < 1.29 is 19.1 Å². The standard InChI is InChI=1S/C11H23N3O4/c1-17-10(15)13-8-4-3-5-9(6-7-12)14-11(16)18-2/h9H,3-8,12H2,1-2H3,(H,13,15)(H,14,16). The molecule has 0 aliphatic rings. The molecule has 0 aromatic rings. The van der Waals surface area contributed by atoms with Gasteiger partial charge in [-0.15, -0.1) is 0 Å². The van der Waals surface area contributed by atoms with Gasteiger partial charge in [0.05, 0.1) is 14.2 Å². The van der Waals surface area contributed by atoms with Crippen molar-refractivity contribution in [2.75, 3.05) is 27.3 Å². The van der Waals surface area contributed by atoms with Gasteiger partial charge in [0.2, 0.25) is 0 Å². The fourth-order valence-electron chi connectivity index (χ4n) is 1.49. The molecule has 0 aliphatic heterocycles. The number of carbonyl (C=O) groups excluding carboxylic acids is 2. The Morgan fingerprint density at radius 3 is 2.33 bits per heavy atom. The molecule has 7 heteroatoms. The lowest BCUT2D eigenvalue weighted by atomic mass is 10.1. The highest BCUT2D eigenvalue weighted by atomic mass is 16.5. The number of unbranched alkanes of at least 4 members (excludes halogenated alkanes) is 1. The Labute approximate surface area is 107 Å². The van der Waals surface area contributed by atoms with Crippen molar-refractivity contribution in [3.63, 3.8) is 0 Å². The van der Waals surface area contributed by atoms with E-state index < -0.39 is 12.2 Å². The minimum atomic E-state index is -0.443. The van der Waals surface area contributed by atoms with Gasteiger partial charge in [0.15, 0.2) is 0 Å². The fraction of sp³-hybridized carbons (Fsp3) is 0.818. The Hall–Kier alpha value is -1.50. The second-order valence-corrected chi connectivity index (χ2v) is 3.82. The summed E-state index contributed by atoms with van der Waals surface area (Å²) in [5.41, 5.74) is 5.47. The van der Waals surface area contributed by atoms with Crippen LogP contribution in [0.15, 0.2) is 0 Å². The Morgan fingerprint density at radius 2 is 1.78 bits per heavy atom. The van der Waals surface area contributed by atoms with Crippen LogP contribution in [0.1, 0.15) is 25.7 Å². The molecule has 106 valence electrons. The van der Waals surface area contributed by atoms with Crippen molar-refractivity contribution >= 4 is 12.2 Å². The Morgan fingerprint density at radius 1 is 1.11 bits per heavy atom. The molecule has 4 N–H and O–H groups in total. The number of methoxy groups -OCH3 is 2. The van der Waals surface area contributed by atoms with Crippen molar-refractivity contribution in [3.05, 3.63) is 0 Å². The van der Waals surface area contributed by atoms with Gasteiger partial charge in [-0.25, -0.2) is 9.59 Å². The summed E-state index contributed by atoms with van der Waals surface area (Å²) in [5.74, 6) is 0. The average Bonchev–Trinajstić information content (AvgIpc) is 2.37. The molecule has 0 heterocycles. The number of hydrogen-bond acceptors (Lipinski definition) is 5. The van der Waals surface area contributed by atoms with Gasteiger partial charge in [-0.1, -0.05) is 0 Å². The van der Waals surface area contributed by atoms with Gasteiger partial charge in [0, 0.05) is 12.6 Å². The number of nitrogens with one attached hydrogen (secondary N) is 2. The first kappa shape index (κ1) is 16.5. The van der Waals surface area contributed by atoms with Gasteiger partial charge >= 0.3 is 12.2 Å². The van der Waals surface area contributed by atoms with Crippen LogP contribution in [0.2, 0.25) is 0 Å². The van der Waals surface area contributed by atoms with Gasteiger partial charge in [-0.2, -0.15) is 0 Å². The zero-order valence-corrected chi connectivity index (χ0v) is 11.0. The first-order valence-electron chi connectivity index (χ1n) is 6.00. The van der Waals surface area contributed by atoms with Gasteiger partial charge in [0.1, 0.15) is 0 Å². The summed E-state index contributed by atoms with van der Waals surface area (Å²) in [4.78, 5) is 21.8. The van der Waals surface area contributed by atoms with Gasteiger partial charge in [-0.3, -0.25) is 0 Å². The molecule has 0 aliphatic carbocycles. The van der Waals surface area contributed by atoms with E-state index in [9.17, 15) is 9.59 Å². The summed E-state index contributed by atoms with van der Waals surface area (Å²) in [5, 5.41) is 5.32. The van der Waals surface area contributed by atoms with Crippen molar-refractivity contribution in [2.45, 2.75) is 31.7 Å². The quantitative estimate of drug-likeness (QED) is 0.555. The topological polar surface area (TPSA) is 103 Å². The SMILES string of the molecule is COC(=O)NCCCCC(CCN)NC(=O)OC. The highest BCUT2D eigenvalue weighted by molar-refractivity contribution is 5.67. The van der Waals surface area contributed by atoms with Crippen molar-refractivity contribution in [3.8, 4) is 0 Å². The number of alkyl carbamates (subject to hydrolysis) is 2. The Balaban J connectivity index is 3.69. The maximum atomic E-state index is 11.1. The number of amides is 2. The molecule has 0 saturated heterocycles. The van der Waals surface area contributed by atoms with Crippen LogP contribution in [0.3, 0.4) is 0 Å². The van der Waals surface area contributed by atoms with Crippen LogP contribution >= 0.6 is 0 Å². The molecule has 0 aromatic carbocycles. The molecule has 0 rings (SSSR count). The van der Waals surface area contributed by atoms with E-state index in [1.165, 1.54) is 14.2 Å². The summed E-state index contributed by atoms with van der Waals surface area (Å²) in [6.45, 7) is 1.06. The molecule has 1 unspecified atom stereocenters. The molecule has 2 amide bonds.